The first-order valence-electron chi connectivity index (χ1n) is 5.92. The van der Waals surface area contributed by atoms with Gasteiger partial charge in [-0.15, -0.1) is 0 Å². The number of rotatable bonds is 2. The number of hydrogen-bond acceptors (Lipinski definition) is 2. The highest BCUT2D eigenvalue weighted by atomic mass is 16.7. The summed E-state index contributed by atoms with van der Waals surface area (Å²) in [6.45, 7) is 9.44. The summed E-state index contributed by atoms with van der Waals surface area (Å²) in [5.74, 6) is 2.31. The Bertz CT molecular complexity index is 377. The fourth-order valence-electron chi connectivity index (χ4n) is 2.48. The van der Waals surface area contributed by atoms with Crippen molar-refractivity contribution >= 4 is 0 Å². The van der Waals surface area contributed by atoms with Gasteiger partial charge < -0.3 is 9.47 Å². The third-order valence-corrected chi connectivity index (χ3v) is 3.25. The summed E-state index contributed by atoms with van der Waals surface area (Å²) in [5.41, 5.74) is 1.63. The van der Waals surface area contributed by atoms with Crippen molar-refractivity contribution in [2.45, 2.75) is 40.0 Å². The lowest BCUT2D eigenvalue weighted by atomic mass is 9.75. The molecule has 16 heavy (non-hydrogen) atoms. The molecule has 2 nitrogen and oxygen atoms in total. The molecule has 1 aromatic rings. The van der Waals surface area contributed by atoms with E-state index < -0.39 is 0 Å². The molecule has 0 N–H and O–H groups in total. The van der Waals surface area contributed by atoms with Crippen molar-refractivity contribution in [1.82, 2.24) is 0 Å². The van der Waals surface area contributed by atoms with Gasteiger partial charge >= 0.3 is 0 Å². The van der Waals surface area contributed by atoms with Crippen molar-refractivity contribution in [1.29, 1.82) is 0 Å². The molecule has 0 radical (unpaired) electrons. The fourth-order valence-corrected chi connectivity index (χ4v) is 2.48. The second-order valence-corrected chi connectivity index (χ2v) is 5.44. The van der Waals surface area contributed by atoms with Crippen molar-refractivity contribution in [2.75, 3.05) is 6.79 Å². The van der Waals surface area contributed by atoms with Crippen LogP contribution in [0.1, 0.15) is 45.6 Å². The van der Waals surface area contributed by atoms with Crippen LogP contribution in [0.25, 0.3) is 0 Å². The lowest BCUT2D eigenvalue weighted by Crippen LogP contribution is -2.17. The van der Waals surface area contributed by atoms with E-state index in [-0.39, 0.29) is 5.41 Å². The van der Waals surface area contributed by atoms with Crippen LogP contribution in [0.4, 0.5) is 0 Å². The number of benzene rings is 1. The molecule has 0 fully saturated rings. The van der Waals surface area contributed by atoms with Gasteiger partial charge in [0.2, 0.25) is 6.79 Å². The second kappa shape index (κ2) is 4.00. The van der Waals surface area contributed by atoms with Gasteiger partial charge in [-0.25, -0.2) is 0 Å². The first-order valence-corrected chi connectivity index (χ1v) is 5.92. The normalized spacial score (nSPS) is 16.2. The van der Waals surface area contributed by atoms with E-state index in [9.17, 15) is 0 Å². The quantitative estimate of drug-likeness (QED) is 0.751. The van der Waals surface area contributed by atoms with Crippen LogP contribution in [0.15, 0.2) is 18.2 Å². The van der Waals surface area contributed by atoms with Gasteiger partial charge in [0.1, 0.15) is 0 Å². The number of fused-ring (bicyclic) bond motifs is 1. The van der Waals surface area contributed by atoms with Crippen molar-refractivity contribution in [3.8, 4) is 11.5 Å². The third kappa shape index (κ3) is 2.01. The molecule has 1 aliphatic rings. The zero-order valence-corrected chi connectivity index (χ0v) is 10.5. The molecule has 1 aromatic carbocycles. The fraction of sp³-hybridized carbons (Fsp3) is 0.571. The highest BCUT2D eigenvalue weighted by Crippen LogP contribution is 2.41. The minimum absolute atomic E-state index is 0.280. The van der Waals surface area contributed by atoms with E-state index in [1.807, 2.05) is 6.07 Å². The molecular formula is C14H20O2. The molecule has 0 saturated carbocycles. The van der Waals surface area contributed by atoms with Crippen LogP contribution >= 0.6 is 0 Å². The standard InChI is InChI=1S/C14H20O2/c1-5-11(14(2,3)4)10-6-7-12-13(8-10)16-9-15-12/h6-8,11H,5,9H2,1-4H3. The molecule has 0 aliphatic carbocycles. The van der Waals surface area contributed by atoms with Crippen molar-refractivity contribution < 1.29 is 9.47 Å². The largest absolute Gasteiger partial charge is 0.454 e. The Morgan fingerprint density at radius 1 is 1.19 bits per heavy atom. The summed E-state index contributed by atoms with van der Waals surface area (Å²) in [4.78, 5) is 0. The highest BCUT2D eigenvalue weighted by Gasteiger charge is 2.26. The van der Waals surface area contributed by atoms with Gasteiger partial charge in [-0.1, -0.05) is 33.8 Å². The average Bonchev–Trinajstić information content (AvgIpc) is 2.63. The molecule has 2 rings (SSSR count). The van der Waals surface area contributed by atoms with Crippen LogP contribution in [0, 0.1) is 5.41 Å². The van der Waals surface area contributed by atoms with Crippen LogP contribution in [-0.4, -0.2) is 6.79 Å². The predicted molar refractivity (Wildman–Crippen MR) is 65.1 cm³/mol. The summed E-state index contributed by atoms with van der Waals surface area (Å²) in [7, 11) is 0. The minimum Gasteiger partial charge on any atom is -0.454 e. The second-order valence-electron chi connectivity index (χ2n) is 5.44. The van der Waals surface area contributed by atoms with Crippen LogP contribution in [0.5, 0.6) is 11.5 Å². The van der Waals surface area contributed by atoms with Crippen molar-refractivity contribution in [3.05, 3.63) is 23.8 Å². The van der Waals surface area contributed by atoms with Crippen LogP contribution in [0.2, 0.25) is 0 Å². The molecule has 0 bridgehead atoms. The minimum atomic E-state index is 0.280. The molecule has 1 heterocycles. The predicted octanol–water partition coefficient (Wildman–Crippen LogP) is 3.96. The smallest absolute Gasteiger partial charge is 0.231 e. The molecule has 0 amide bonds. The SMILES string of the molecule is CCC(c1ccc2c(c1)OCO2)C(C)(C)C. The molecule has 1 aliphatic heterocycles. The summed E-state index contributed by atoms with van der Waals surface area (Å²) in [6, 6.07) is 6.31. The monoisotopic (exact) mass is 220 g/mol. The maximum atomic E-state index is 5.42. The maximum Gasteiger partial charge on any atom is 0.231 e. The number of hydrogen-bond donors (Lipinski definition) is 0. The molecular weight excluding hydrogens is 200 g/mol. The van der Waals surface area contributed by atoms with Gasteiger partial charge in [0.05, 0.1) is 0 Å². The summed E-state index contributed by atoms with van der Waals surface area (Å²) < 4.78 is 10.8. The van der Waals surface area contributed by atoms with Crippen LogP contribution in [-0.2, 0) is 0 Å². The summed E-state index contributed by atoms with van der Waals surface area (Å²) in [5, 5.41) is 0. The highest BCUT2D eigenvalue weighted by molar-refractivity contribution is 5.45. The molecule has 0 spiro atoms. The van der Waals surface area contributed by atoms with E-state index in [2.05, 4.69) is 39.8 Å². The molecule has 2 heteroatoms. The van der Waals surface area contributed by atoms with Gasteiger partial charge in [0, 0.05) is 0 Å². The van der Waals surface area contributed by atoms with E-state index in [0.29, 0.717) is 12.7 Å². The van der Waals surface area contributed by atoms with Gasteiger partial charge in [-0.2, -0.15) is 0 Å². The molecule has 1 atom stereocenters. The molecule has 1 unspecified atom stereocenters. The maximum absolute atomic E-state index is 5.42. The van der Waals surface area contributed by atoms with E-state index in [4.69, 9.17) is 9.47 Å². The molecule has 0 saturated heterocycles. The van der Waals surface area contributed by atoms with E-state index in [1.54, 1.807) is 0 Å². The lowest BCUT2D eigenvalue weighted by molar-refractivity contribution is 0.174. The Balaban J connectivity index is 2.33. The van der Waals surface area contributed by atoms with Gasteiger partial charge in [-0.05, 0) is 35.4 Å². The first kappa shape index (κ1) is 11.3. The summed E-state index contributed by atoms with van der Waals surface area (Å²) in [6.07, 6.45) is 1.14. The Kier molecular flexibility index (Phi) is 2.83. The van der Waals surface area contributed by atoms with Crippen molar-refractivity contribution in [2.24, 2.45) is 5.41 Å². The Morgan fingerprint density at radius 3 is 2.50 bits per heavy atom. The van der Waals surface area contributed by atoms with Crippen LogP contribution in [0.3, 0.4) is 0 Å². The Hall–Kier alpha value is -1.18. The van der Waals surface area contributed by atoms with Crippen LogP contribution < -0.4 is 9.47 Å². The average molecular weight is 220 g/mol. The molecule has 88 valence electrons. The van der Waals surface area contributed by atoms with Crippen molar-refractivity contribution in [3.63, 3.8) is 0 Å². The Labute approximate surface area is 97.6 Å². The van der Waals surface area contributed by atoms with E-state index in [1.165, 1.54) is 5.56 Å². The third-order valence-electron chi connectivity index (χ3n) is 3.25. The van der Waals surface area contributed by atoms with E-state index in [0.717, 1.165) is 17.9 Å². The van der Waals surface area contributed by atoms with Gasteiger partial charge in [0.25, 0.3) is 0 Å². The van der Waals surface area contributed by atoms with Gasteiger partial charge in [-0.3, -0.25) is 0 Å². The first-order chi connectivity index (χ1) is 7.52. The van der Waals surface area contributed by atoms with Gasteiger partial charge in [0.15, 0.2) is 11.5 Å². The zero-order valence-electron chi connectivity index (χ0n) is 10.5. The Morgan fingerprint density at radius 2 is 1.88 bits per heavy atom. The zero-order chi connectivity index (χ0) is 11.8. The summed E-state index contributed by atoms with van der Waals surface area (Å²) >= 11 is 0. The number of ether oxygens (including phenoxy) is 2. The topological polar surface area (TPSA) is 18.5 Å². The molecule has 0 aromatic heterocycles. The lowest BCUT2D eigenvalue weighted by Gasteiger charge is -2.30. The van der Waals surface area contributed by atoms with E-state index >= 15 is 0 Å².